The Balaban J connectivity index is 2.36. The van der Waals surface area contributed by atoms with Crippen molar-refractivity contribution in [3.63, 3.8) is 0 Å². The smallest absolute Gasteiger partial charge is 0.236 e. The molecule has 1 N–H and O–H groups in total. The van der Waals surface area contributed by atoms with Gasteiger partial charge in [0.1, 0.15) is 6.42 Å². The Bertz CT molecular complexity index is 237. The second kappa shape index (κ2) is 4.97. The van der Waals surface area contributed by atoms with E-state index in [1.54, 1.807) is 11.8 Å². The molecule has 0 bridgehead atoms. The average molecular weight is 196 g/mol. The topological polar surface area (TPSA) is 64.3 Å². The minimum atomic E-state index is -0.289. The van der Waals surface area contributed by atoms with E-state index in [0.717, 1.165) is 12.8 Å². The fraction of sp³-hybridized carbons (Fsp3) is 0.800. The molecule has 1 rings (SSSR count). The molecule has 14 heavy (non-hydrogen) atoms. The van der Waals surface area contributed by atoms with Gasteiger partial charge in [-0.2, -0.15) is 5.26 Å². The van der Waals surface area contributed by atoms with E-state index in [-0.39, 0.29) is 18.4 Å². The lowest BCUT2D eigenvalue weighted by Gasteiger charge is -2.32. The number of nitrogens with zero attached hydrogens (tertiary/aromatic N) is 2. The lowest BCUT2D eigenvalue weighted by atomic mass is 9.92. The number of carbonyl (C=O) groups is 1. The van der Waals surface area contributed by atoms with Gasteiger partial charge in [0, 0.05) is 13.1 Å². The highest BCUT2D eigenvalue weighted by atomic mass is 16.3. The van der Waals surface area contributed by atoms with Crippen molar-refractivity contribution in [2.24, 2.45) is 5.92 Å². The van der Waals surface area contributed by atoms with Gasteiger partial charge < -0.3 is 10.0 Å². The predicted molar refractivity (Wildman–Crippen MR) is 51.2 cm³/mol. The third-order valence-electron chi connectivity index (χ3n) is 2.80. The first-order valence-corrected chi connectivity index (χ1v) is 4.98. The van der Waals surface area contributed by atoms with Crippen LogP contribution in [-0.2, 0) is 4.79 Å². The third kappa shape index (κ3) is 2.71. The van der Waals surface area contributed by atoms with E-state index >= 15 is 0 Å². The van der Waals surface area contributed by atoms with Crippen LogP contribution in [0.4, 0.5) is 0 Å². The Morgan fingerprint density at radius 2 is 2.21 bits per heavy atom. The van der Waals surface area contributed by atoms with E-state index in [1.807, 2.05) is 6.07 Å². The van der Waals surface area contributed by atoms with Gasteiger partial charge in [0.05, 0.1) is 12.2 Å². The van der Waals surface area contributed by atoms with Crippen molar-refractivity contribution in [2.75, 3.05) is 13.1 Å². The summed E-state index contributed by atoms with van der Waals surface area (Å²) in [6, 6.07) is 1.86. The number of carbonyl (C=O) groups excluding carboxylic acids is 1. The van der Waals surface area contributed by atoms with Gasteiger partial charge in [-0.3, -0.25) is 4.79 Å². The van der Waals surface area contributed by atoms with Crippen LogP contribution in [0.3, 0.4) is 0 Å². The van der Waals surface area contributed by atoms with E-state index in [0.29, 0.717) is 19.0 Å². The van der Waals surface area contributed by atoms with Crippen LogP contribution < -0.4 is 0 Å². The van der Waals surface area contributed by atoms with Crippen molar-refractivity contribution < 1.29 is 9.90 Å². The van der Waals surface area contributed by atoms with Gasteiger partial charge in [0.2, 0.25) is 5.91 Å². The second-order valence-corrected chi connectivity index (χ2v) is 3.79. The number of hydrogen-bond donors (Lipinski definition) is 1. The molecule has 0 radical (unpaired) electrons. The molecule has 1 amide bonds. The fourth-order valence-corrected chi connectivity index (χ4v) is 1.81. The number of nitriles is 1. The summed E-state index contributed by atoms with van der Waals surface area (Å²) in [5.74, 6) is 0.220. The Morgan fingerprint density at radius 3 is 2.64 bits per heavy atom. The Labute approximate surface area is 84.1 Å². The molecule has 0 aromatic rings. The number of aliphatic hydroxyl groups is 1. The van der Waals surface area contributed by atoms with Gasteiger partial charge in [-0.05, 0) is 25.7 Å². The van der Waals surface area contributed by atoms with Crippen LogP contribution >= 0.6 is 0 Å². The van der Waals surface area contributed by atoms with E-state index < -0.39 is 0 Å². The average Bonchev–Trinajstić information content (AvgIpc) is 2.18. The SMILES string of the molecule is CC(O)C1CCN(C(=O)CC#N)CC1. The number of amides is 1. The quantitative estimate of drug-likeness (QED) is 0.700. The molecule has 4 nitrogen and oxygen atoms in total. The first kappa shape index (κ1) is 11.0. The number of aliphatic hydroxyl groups excluding tert-OH is 1. The van der Waals surface area contributed by atoms with Crippen LogP contribution in [-0.4, -0.2) is 35.1 Å². The van der Waals surface area contributed by atoms with Crippen LogP contribution in [0.1, 0.15) is 26.2 Å². The summed E-state index contributed by atoms with van der Waals surface area (Å²) in [5, 5.41) is 17.7. The molecule has 1 saturated heterocycles. The van der Waals surface area contributed by atoms with E-state index in [1.165, 1.54) is 0 Å². The van der Waals surface area contributed by atoms with Crippen molar-refractivity contribution in [1.82, 2.24) is 4.90 Å². The molecule has 0 aromatic carbocycles. The number of rotatable bonds is 2. The van der Waals surface area contributed by atoms with Gasteiger partial charge >= 0.3 is 0 Å². The summed E-state index contributed by atoms with van der Waals surface area (Å²) in [5.41, 5.74) is 0. The Hall–Kier alpha value is -1.08. The Kier molecular flexibility index (Phi) is 3.90. The monoisotopic (exact) mass is 196 g/mol. The molecule has 0 spiro atoms. The maximum atomic E-state index is 11.3. The van der Waals surface area contributed by atoms with Gasteiger partial charge in [-0.15, -0.1) is 0 Å². The molecule has 1 heterocycles. The highest BCUT2D eigenvalue weighted by Crippen LogP contribution is 2.20. The molecule has 1 aliphatic heterocycles. The maximum absolute atomic E-state index is 11.3. The summed E-state index contributed by atoms with van der Waals surface area (Å²) in [4.78, 5) is 13.0. The molecule has 1 fully saturated rings. The molecule has 1 unspecified atom stereocenters. The number of likely N-dealkylation sites (tertiary alicyclic amines) is 1. The first-order valence-electron chi connectivity index (χ1n) is 4.98. The molecule has 1 atom stereocenters. The summed E-state index contributed by atoms with van der Waals surface area (Å²) >= 11 is 0. The fourth-order valence-electron chi connectivity index (χ4n) is 1.81. The van der Waals surface area contributed by atoms with Crippen LogP contribution in [0, 0.1) is 17.2 Å². The summed E-state index contributed by atoms with van der Waals surface area (Å²) < 4.78 is 0. The molecular weight excluding hydrogens is 180 g/mol. The Morgan fingerprint density at radius 1 is 1.64 bits per heavy atom. The maximum Gasteiger partial charge on any atom is 0.236 e. The molecule has 1 aliphatic rings. The lowest BCUT2D eigenvalue weighted by molar-refractivity contribution is -0.132. The zero-order valence-corrected chi connectivity index (χ0v) is 8.44. The standard InChI is InChI=1S/C10H16N2O2/c1-8(13)9-3-6-12(7-4-9)10(14)2-5-11/h8-9,13H,2-4,6-7H2,1H3. The largest absolute Gasteiger partial charge is 0.393 e. The van der Waals surface area contributed by atoms with Gasteiger partial charge in [-0.1, -0.05) is 0 Å². The van der Waals surface area contributed by atoms with Gasteiger partial charge in [-0.25, -0.2) is 0 Å². The van der Waals surface area contributed by atoms with E-state index in [4.69, 9.17) is 5.26 Å². The van der Waals surface area contributed by atoms with Crippen LogP contribution in [0.2, 0.25) is 0 Å². The van der Waals surface area contributed by atoms with Gasteiger partial charge in [0.15, 0.2) is 0 Å². The summed E-state index contributed by atoms with van der Waals surface area (Å²) in [6.45, 7) is 3.14. The van der Waals surface area contributed by atoms with Crippen molar-refractivity contribution >= 4 is 5.91 Å². The zero-order valence-electron chi connectivity index (χ0n) is 8.44. The van der Waals surface area contributed by atoms with Crippen LogP contribution in [0.25, 0.3) is 0 Å². The van der Waals surface area contributed by atoms with Crippen molar-refractivity contribution in [2.45, 2.75) is 32.3 Å². The highest BCUT2D eigenvalue weighted by Gasteiger charge is 2.24. The summed E-state index contributed by atoms with van der Waals surface area (Å²) in [6.07, 6.45) is 1.37. The summed E-state index contributed by atoms with van der Waals surface area (Å²) in [7, 11) is 0. The molecular formula is C10H16N2O2. The first-order chi connectivity index (χ1) is 6.65. The molecule has 0 aromatic heterocycles. The number of hydrogen-bond acceptors (Lipinski definition) is 3. The lowest BCUT2D eigenvalue weighted by Crippen LogP contribution is -2.40. The zero-order chi connectivity index (χ0) is 10.6. The third-order valence-corrected chi connectivity index (χ3v) is 2.80. The van der Waals surface area contributed by atoms with Crippen molar-refractivity contribution in [3.05, 3.63) is 0 Å². The highest BCUT2D eigenvalue weighted by molar-refractivity contribution is 5.78. The van der Waals surface area contributed by atoms with Crippen LogP contribution in [0.15, 0.2) is 0 Å². The van der Waals surface area contributed by atoms with Gasteiger partial charge in [0.25, 0.3) is 0 Å². The minimum absolute atomic E-state index is 0.0284. The molecule has 4 heteroatoms. The van der Waals surface area contributed by atoms with Crippen LogP contribution in [0.5, 0.6) is 0 Å². The normalized spacial score (nSPS) is 20.2. The second-order valence-electron chi connectivity index (χ2n) is 3.79. The number of piperidine rings is 1. The molecule has 0 aliphatic carbocycles. The molecule has 0 saturated carbocycles. The minimum Gasteiger partial charge on any atom is -0.393 e. The van der Waals surface area contributed by atoms with Crippen molar-refractivity contribution in [3.8, 4) is 6.07 Å². The van der Waals surface area contributed by atoms with E-state index in [2.05, 4.69) is 0 Å². The van der Waals surface area contributed by atoms with E-state index in [9.17, 15) is 9.90 Å². The van der Waals surface area contributed by atoms with Crippen molar-refractivity contribution in [1.29, 1.82) is 5.26 Å². The molecule has 78 valence electrons. The predicted octanol–water partition coefficient (Wildman–Crippen LogP) is 0.519.